The van der Waals surface area contributed by atoms with Crippen LogP contribution in [0.15, 0.2) is 39.0 Å². The molecule has 0 fully saturated rings. The summed E-state index contributed by atoms with van der Waals surface area (Å²) in [6.45, 7) is 2.43. The fraction of sp³-hybridized carbons (Fsp3) is 0.318. The lowest BCUT2D eigenvalue weighted by molar-refractivity contribution is 0.726. The molecule has 10 heteroatoms. The number of hydrogen-bond donors (Lipinski definition) is 0. The third kappa shape index (κ3) is 2.72. The monoisotopic (exact) mass is 464 g/mol. The van der Waals surface area contributed by atoms with Crippen molar-refractivity contribution < 1.29 is 0 Å². The molecule has 0 aliphatic heterocycles. The molecule has 0 unspecified atom stereocenters. The summed E-state index contributed by atoms with van der Waals surface area (Å²) in [6, 6.07) is 7.51. The van der Waals surface area contributed by atoms with Crippen molar-refractivity contribution in [2.45, 2.75) is 43.6 Å². The van der Waals surface area contributed by atoms with Gasteiger partial charge in [-0.05, 0) is 43.9 Å². The average Bonchev–Trinajstić information content (AvgIpc) is 3.50. The zero-order valence-electron chi connectivity index (χ0n) is 17.7. The first kappa shape index (κ1) is 19.7. The van der Waals surface area contributed by atoms with E-state index in [1.54, 1.807) is 27.5 Å². The van der Waals surface area contributed by atoms with Crippen molar-refractivity contribution in [3.05, 3.63) is 61.2 Å². The molecule has 1 aromatic carbocycles. The summed E-state index contributed by atoms with van der Waals surface area (Å²) < 4.78 is 5.21. The summed E-state index contributed by atoms with van der Waals surface area (Å²) in [7, 11) is 1.78. The Labute approximate surface area is 190 Å². The van der Waals surface area contributed by atoms with Crippen LogP contribution < -0.4 is 11.1 Å². The normalized spacial score (nSPS) is 13.6. The minimum Gasteiger partial charge on any atom is -0.290 e. The van der Waals surface area contributed by atoms with E-state index in [0.29, 0.717) is 34.4 Å². The molecule has 4 heterocycles. The lowest BCUT2D eigenvalue weighted by atomic mass is 10.2. The van der Waals surface area contributed by atoms with Crippen LogP contribution in [-0.2, 0) is 32.2 Å². The Hall–Kier alpha value is -2.98. The predicted molar refractivity (Wildman–Crippen MR) is 127 cm³/mol. The number of thiophene rings is 1. The van der Waals surface area contributed by atoms with Crippen LogP contribution in [0.5, 0.6) is 0 Å². The lowest BCUT2D eigenvalue weighted by Crippen LogP contribution is -2.22. The third-order valence-electron chi connectivity index (χ3n) is 6.13. The van der Waals surface area contributed by atoms with Crippen LogP contribution in [-0.4, -0.2) is 28.7 Å². The first-order valence-corrected chi connectivity index (χ1v) is 12.4. The highest BCUT2D eigenvalue weighted by Crippen LogP contribution is 2.35. The number of rotatable bonds is 4. The molecule has 1 aliphatic carbocycles. The Kier molecular flexibility index (Phi) is 4.48. The van der Waals surface area contributed by atoms with Gasteiger partial charge in [-0.15, -0.1) is 21.5 Å². The summed E-state index contributed by atoms with van der Waals surface area (Å²) in [5.41, 5.74) is 1.93. The fourth-order valence-corrected chi connectivity index (χ4v) is 6.74. The van der Waals surface area contributed by atoms with E-state index in [1.165, 1.54) is 22.2 Å². The smallest absolute Gasteiger partial charge is 0.262 e. The van der Waals surface area contributed by atoms with E-state index >= 15 is 0 Å². The van der Waals surface area contributed by atoms with E-state index in [-0.39, 0.29) is 11.1 Å². The van der Waals surface area contributed by atoms with E-state index < -0.39 is 0 Å². The van der Waals surface area contributed by atoms with Crippen LogP contribution in [0.3, 0.4) is 0 Å². The largest absolute Gasteiger partial charge is 0.290 e. The van der Waals surface area contributed by atoms with Crippen LogP contribution >= 0.6 is 23.1 Å². The van der Waals surface area contributed by atoms with Crippen molar-refractivity contribution in [3.63, 3.8) is 0 Å². The second kappa shape index (κ2) is 7.28. The van der Waals surface area contributed by atoms with E-state index in [2.05, 4.69) is 10.2 Å². The molecule has 0 N–H and O–H groups in total. The lowest BCUT2D eigenvalue weighted by Gasteiger charge is -2.10. The van der Waals surface area contributed by atoms with Gasteiger partial charge in [0.05, 0.1) is 22.0 Å². The van der Waals surface area contributed by atoms with Crippen molar-refractivity contribution in [3.8, 4) is 0 Å². The van der Waals surface area contributed by atoms with Crippen molar-refractivity contribution >= 4 is 50.0 Å². The van der Waals surface area contributed by atoms with Gasteiger partial charge in [0.25, 0.3) is 11.1 Å². The second-order valence-electron chi connectivity index (χ2n) is 7.90. The van der Waals surface area contributed by atoms with Gasteiger partial charge in [-0.2, -0.15) is 0 Å². The summed E-state index contributed by atoms with van der Waals surface area (Å²) in [4.78, 5) is 32.9. The van der Waals surface area contributed by atoms with Crippen LogP contribution in [0.1, 0.15) is 29.6 Å². The minimum atomic E-state index is -0.0672. The number of nitrogens with zero attached hydrogens (tertiary/aromatic N) is 6. The summed E-state index contributed by atoms with van der Waals surface area (Å²) in [5, 5.41) is 10.8. The molecule has 5 aromatic rings. The Balaban J connectivity index is 1.45. The molecule has 0 radical (unpaired) electrons. The van der Waals surface area contributed by atoms with Crippen molar-refractivity contribution in [1.82, 2.24) is 28.7 Å². The van der Waals surface area contributed by atoms with Gasteiger partial charge in [0.15, 0.2) is 5.16 Å². The Morgan fingerprint density at radius 2 is 1.97 bits per heavy atom. The minimum absolute atomic E-state index is 0.0215. The van der Waals surface area contributed by atoms with E-state index in [1.807, 2.05) is 35.6 Å². The van der Waals surface area contributed by atoms with Gasteiger partial charge < -0.3 is 0 Å². The number of thioether (sulfide) groups is 1. The predicted octanol–water partition coefficient (Wildman–Crippen LogP) is 3.15. The zero-order valence-corrected chi connectivity index (χ0v) is 19.3. The Bertz CT molecular complexity index is 1660. The van der Waals surface area contributed by atoms with E-state index in [0.717, 1.165) is 35.0 Å². The highest BCUT2D eigenvalue weighted by Gasteiger charge is 2.23. The fourth-order valence-electron chi connectivity index (χ4n) is 4.56. The van der Waals surface area contributed by atoms with E-state index in [4.69, 9.17) is 4.98 Å². The quantitative estimate of drug-likeness (QED) is 0.300. The van der Waals surface area contributed by atoms with Gasteiger partial charge in [-0.25, -0.2) is 4.98 Å². The molecule has 0 amide bonds. The molecule has 4 aromatic heterocycles. The molecule has 6 rings (SSSR count). The van der Waals surface area contributed by atoms with Crippen molar-refractivity contribution in [1.29, 1.82) is 0 Å². The maximum atomic E-state index is 13.1. The molecule has 0 spiro atoms. The van der Waals surface area contributed by atoms with Gasteiger partial charge in [0.2, 0.25) is 5.78 Å². The summed E-state index contributed by atoms with van der Waals surface area (Å²) in [6.07, 6.45) is 3.13. The number of para-hydroxylation sites is 1. The summed E-state index contributed by atoms with van der Waals surface area (Å²) >= 11 is 3.11. The molecule has 162 valence electrons. The highest BCUT2D eigenvalue weighted by molar-refractivity contribution is 7.98. The topological polar surface area (TPSA) is 87.1 Å². The molecule has 1 aliphatic rings. The number of aryl methyl sites for hydroxylation is 3. The molecule has 0 saturated heterocycles. The van der Waals surface area contributed by atoms with Crippen LogP contribution in [0.4, 0.5) is 0 Å². The van der Waals surface area contributed by atoms with Crippen LogP contribution in [0.25, 0.3) is 26.9 Å². The van der Waals surface area contributed by atoms with Gasteiger partial charge in [0.1, 0.15) is 10.7 Å². The van der Waals surface area contributed by atoms with Crippen molar-refractivity contribution in [2.75, 3.05) is 0 Å². The number of hydrogen-bond acceptors (Lipinski definition) is 7. The number of benzene rings is 1. The number of fused-ring (bicyclic) bond motifs is 6. The Morgan fingerprint density at radius 3 is 2.81 bits per heavy atom. The molecule has 0 atom stereocenters. The van der Waals surface area contributed by atoms with Gasteiger partial charge in [0, 0.05) is 18.5 Å². The molecular weight excluding hydrogens is 444 g/mol. The van der Waals surface area contributed by atoms with Gasteiger partial charge in [-0.1, -0.05) is 23.9 Å². The maximum absolute atomic E-state index is 13.1. The molecule has 0 bridgehead atoms. The van der Waals surface area contributed by atoms with Crippen molar-refractivity contribution in [2.24, 2.45) is 7.05 Å². The van der Waals surface area contributed by atoms with Crippen LogP contribution in [0.2, 0.25) is 0 Å². The van der Waals surface area contributed by atoms with E-state index in [9.17, 15) is 9.59 Å². The standard InChI is InChI=1S/C22H20N6O2S2/c1-3-27-19(29)12-7-4-5-9-14(12)28-16(24-25-21(27)28)11-31-22-23-18-17(20(30)26(22)2)13-8-6-10-15(13)32-18/h4-5,7,9H,3,6,8,10-11H2,1-2H3. The highest BCUT2D eigenvalue weighted by atomic mass is 32.2. The Morgan fingerprint density at radius 1 is 1.12 bits per heavy atom. The maximum Gasteiger partial charge on any atom is 0.262 e. The third-order valence-corrected chi connectivity index (χ3v) is 8.34. The molecule has 32 heavy (non-hydrogen) atoms. The zero-order chi connectivity index (χ0) is 22.0. The SMILES string of the molecule is CCn1c(=O)c2ccccc2n2c(CSc3nc4sc5c(c4c(=O)n3C)CCC5)nnc12. The first-order chi connectivity index (χ1) is 15.6. The van der Waals surface area contributed by atoms with Gasteiger partial charge in [-0.3, -0.25) is 23.1 Å². The molecule has 0 saturated carbocycles. The summed E-state index contributed by atoms with van der Waals surface area (Å²) in [5.74, 6) is 1.72. The molecule has 8 nitrogen and oxygen atoms in total. The van der Waals surface area contributed by atoms with Gasteiger partial charge >= 0.3 is 0 Å². The molecular formula is C22H20N6O2S2. The average molecular weight is 465 g/mol. The number of aromatic nitrogens is 6. The second-order valence-corrected chi connectivity index (χ2v) is 9.93. The first-order valence-electron chi connectivity index (χ1n) is 10.6. The van der Waals surface area contributed by atoms with Crippen LogP contribution in [0, 0.1) is 0 Å².